The quantitative estimate of drug-likeness (QED) is 0.344. The highest BCUT2D eigenvalue weighted by Crippen LogP contribution is 2.36. The number of aryl methyl sites for hydroxylation is 1. The molecule has 0 aliphatic carbocycles. The van der Waals surface area contributed by atoms with Crippen LogP contribution in [0.1, 0.15) is 11.4 Å². The Hall–Kier alpha value is -4.54. The minimum atomic E-state index is -0.472. The standard InChI is InChI=1S/C24H21FN6O4/c1-13-21(14-5-10-18(33-2)19(11-14)34-3)23-27-26-22-17(12-20(32)35-4)29-30(24(22)31(23)28-13)16-8-6-15(25)7-9-16/h5-11H,12H2,1-4H3. The summed E-state index contributed by atoms with van der Waals surface area (Å²) in [4.78, 5) is 12.0. The van der Waals surface area contributed by atoms with Crippen molar-refractivity contribution in [3.63, 3.8) is 0 Å². The molecule has 3 aromatic heterocycles. The van der Waals surface area contributed by atoms with Crippen LogP contribution in [0.25, 0.3) is 33.6 Å². The van der Waals surface area contributed by atoms with Gasteiger partial charge >= 0.3 is 5.97 Å². The minimum Gasteiger partial charge on any atom is -0.493 e. The van der Waals surface area contributed by atoms with E-state index in [1.165, 1.54) is 19.2 Å². The van der Waals surface area contributed by atoms with Gasteiger partial charge in [-0.15, -0.1) is 10.2 Å². The molecule has 11 heteroatoms. The topological polar surface area (TPSA) is 106 Å². The van der Waals surface area contributed by atoms with Gasteiger partial charge in [-0.05, 0) is 48.9 Å². The van der Waals surface area contributed by atoms with Crippen LogP contribution >= 0.6 is 0 Å². The molecule has 0 unspecified atom stereocenters. The van der Waals surface area contributed by atoms with Crippen molar-refractivity contribution < 1.29 is 23.4 Å². The van der Waals surface area contributed by atoms with Crippen LogP contribution in [-0.2, 0) is 16.0 Å². The molecule has 0 saturated carbocycles. The Morgan fingerprint density at radius 1 is 0.971 bits per heavy atom. The molecule has 0 fully saturated rings. The van der Waals surface area contributed by atoms with Crippen LogP contribution in [0.15, 0.2) is 42.5 Å². The summed E-state index contributed by atoms with van der Waals surface area (Å²) >= 11 is 0. The number of hydrogen-bond donors (Lipinski definition) is 0. The molecule has 5 rings (SSSR count). The lowest BCUT2D eigenvalue weighted by molar-refractivity contribution is -0.139. The van der Waals surface area contributed by atoms with Crippen molar-refractivity contribution in [1.82, 2.24) is 29.6 Å². The molecule has 0 aliphatic rings. The number of ether oxygens (including phenoxy) is 3. The number of benzene rings is 2. The highest BCUT2D eigenvalue weighted by atomic mass is 19.1. The number of aromatic nitrogens is 6. The van der Waals surface area contributed by atoms with Gasteiger partial charge in [0, 0.05) is 0 Å². The van der Waals surface area contributed by atoms with Crippen molar-refractivity contribution in [2.45, 2.75) is 13.3 Å². The third kappa shape index (κ3) is 3.70. The Balaban J connectivity index is 1.79. The van der Waals surface area contributed by atoms with Gasteiger partial charge in [0.15, 0.2) is 28.3 Å². The maximum absolute atomic E-state index is 13.6. The second-order valence-electron chi connectivity index (χ2n) is 7.73. The van der Waals surface area contributed by atoms with E-state index in [1.807, 2.05) is 19.1 Å². The van der Waals surface area contributed by atoms with Crippen LogP contribution in [0.5, 0.6) is 11.5 Å². The lowest BCUT2D eigenvalue weighted by atomic mass is 10.1. The monoisotopic (exact) mass is 476 g/mol. The van der Waals surface area contributed by atoms with Gasteiger partial charge in [0.05, 0.1) is 44.7 Å². The number of fused-ring (bicyclic) bond motifs is 3. The molecule has 0 aliphatic heterocycles. The number of esters is 1. The third-order valence-electron chi connectivity index (χ3n) is 5.67. The zero-order valence-corrected chi connectivity index (χ0v) is 19.4. The molecule has 0 amide bonds. The summed E-state index contributed by atoms with van der Waals surface area (Å²) in [6.07, 6.45) is -0.107. The van der Waals surface area contributed by atoms with Gasteiger partial charge in [-0.2, -0.15) is 14.7 Å². The largest absolute Gasteiger partial charge is 0.493 e. The number of carbonyl (C=O) groups is 1. The predicted molar refractivity (Wildman–Crippen MR) is 124 cm³/mol. The van der Waals surface area contributed by atoms with E-state index in [4.69, 9.17) is 19.3 Å². The molecule has 5 aromatic rings. The van der Waals surface area contributed by atoms with Crippen LogP contribution in [0.2, 0.25) is 0 Å². The second kappa shape index (κ2) is 8.67. The lowest BCUT2D eigenvalue weighted by Crippen LogP contribution is -2.06. The Labute approximate surface area is 198 Å². The van der Waals surface area contributed by atoms with E-state index >= 15 is 0 Å². The number of methoxy groups -OCH3 is 3. The Morgan fingerprint density at radius 2 is 1.71 bits per heavy atom. The molecule has 0 spiro atoms. The molecular weight excluding hydrogens is 455 g/mol. The average molecular weight is 476 g/mol. The Kier molecular flexibility index (Phi) is 5.51. The van der Waals surface area contributed by atoms with Crippen molar-refractivity contribution >= 4 is 22.8 Å². The molecule has 3 heterocycles. The van der Waals surface area contributed by atoms with Crippen LogP contribution < -0.4 is 9.47 Å². The van der Waals surface area contributed by atoms with Crippen LogP contribution in [-0.4, -0.2) is 56.9 Å². The highest BCUT2D eigenvalue weighted by Gasteiger charge is 2.24. The maximum atomic E-state index is 13.6. The average Bonchev–Trinajstić information content (AvgIpc) is 3.40. The van der Waals surface area contributed by atoms with Gasteiger partial charge in [-0.3, -0.25) is 4.79 Å². The molecular formula is C24H21FN6O4. The van der Waals surface area contributed by atoms with E-state index in [2.05, 4.69) is 15.3 Å². The molecule has 0 bridgehead atoms. The van der Waals surface area contributed by atoms with Gasteiger partial charge in [-0.25, -0.2) is 9.07 Å². The molecule has 178 valence electrons. The van der Waals surface area contributed by atoms with E-state index < -0.39 is 5.97 Å². The van der Waals surface area contributed by atoms with Crippen molar-refractivity contribution in [2.75, 3.05) is 21.3 Å². The summed E-state index contributed by atoms with van der Waals surface area (Å²) in [7, 11) is 4.44. The van der Waals surface area contributed by atoms with Crippen molar-refractivity contribution in [2.24, 2.45) is 0 Å². The number of hydrogen-bond acceptors (Lipinski definition) is 8. The first-order valence-electron chi connectivity index (χ1n) is 10.6. The summed E-state index contributed by atoms with van der Waals surface area (Å²) in [5, 5.41) is 18.1. The van der Waals surface area contributed by atoms with Crippen LogP contribution in [0.4, 0.5) is 4.39 Å². The fraction of sp³-hybridized carbons (Fsp3) is 0.208. The number of halogens is 1. The van der Waals surface area contributed by atoms with Crippen molar-refractivity contribution in [3.8, 4) is 28.3 Å². The van der Waals surface area contributed by atoms with Crippen molar-refractivity contribution in [1.29, 1.82) is 0 Å². The maximum Gasteiger partial charge on any atom is 0.311 e. The van der Waals surface area contributed by atoms with E-state index in [-0.39, 0.29) is 12.2 Å². The summed E-state index contributed by atoms with van der Waals surface area (Å²) in [6.45, 7) is 1.86. The first-order valence-corrected chi connectivity index (χ1v) is 10.6. The van der Waals surface area contributed by atoms with E-state index in [0.29, 0.717) is 45.4 Å². The molecule has 0 radical (unpaired) electrons. The van der Waals surface area contributed by atoms with Crippen LogP contribution in [0.3, 0.4) is 0 Å². The van der Waals surface area contributed by atoms with Crippen molar-refractivity contribution in [3.05, 3.63) is 59.7 Å². The Morgan fingerprint density at radius 3 is 2.40 bits per heavy atom. The fourth-order valence-corrected chi connectivity index (χ4v) is 4.01. The molecule has 0 saturated heterocycles. The highest BCUT2D eigenvalue weighted by molar-refractivity contribution is 5.87. The third-order valence-corrected chi connectivity index (χ3v) is 5.67. The summed E-state index contributed by atoms with van der Waals surface area (Å²) in [6, 6.07) is 11.4. The van der Waals surface area contributed by atoms with E-state index in [9.17, 15) is 9.18 Å². The second-order valence-corrected chi connectivity index (χ2v) is 7.73. The Bertz CT molecular complexity index is 1580. The smallest absolute Gasteiger partial charge is 0.311 e. The van der Waals surface area contributed by atoms with Gasteiger partial charge in [0.1, 0.15) is 11.5 Å². The fourth-order valence-electron chi connectivity index (χ4n) is 4.01. The SMILES string of the molecule is COC(=O)Cc1nn(-c2ccc(F)cc2)c2c1nnc1c(-c3ccc(OC)c(OC)c3)c(C)nn12. The number of nitrogens with zero attached hydrogens (tertiary/aromatic N) is 6. The predicted octanol–water partition coefficient (Wildman–Crippen LogP) is 3.31. The number of carbonyl (C=O) groups excluding carboxylic acids is 1. The van der Waals surface area contributed by atoms with Crippen LogP contribution in [0, 0.1) is 12.7 Å². The molecule has 0 atom stereocenters. The van der Waals surface area contributed by atoms with Gasteiger partial charge in [-0.1, -0.05) is 6.07 Å². The first-order chi connectivity index (χ1) is 16.9. The van der Waals surface area contributed by atoms with E-state index in [1.54, 1.807) is 41.6 Å². The summed E-state index contributed by atoms with van der Waals surface area (Å²) in [5.41, 5.74) is 4.54. The minimum absolute atomic E-state index is 0.107. The van der Waals surface area contributed by atoms with Gasteiger partial charge in [0.25, 0.3) is 0 Å². The summed E-state index contributed by atoms with van der Waals surface area (Å²) in [5.74, 6) is 0.311. The molecule has 2 aromatic carbocycles. The zero-order valence-electron chi connectivity index (χ0n) is 19.4. The summed E-state index contributed by atoms with van der Waals surface area (Å²) < 4.78 is 32.4. The van der Waals surface area contributed by atoms with Gasteiger partial charge < -0.3 is 14.2 Å². The normalized spacial score (nSPS) is 11.2. The van der Waals surface area contributed by atoms with E-state index in [0.717, 1.165) is 11.1 Å². The van der Waals surface area contributed by atoms with Gasteiger partial charge in [0.2, 0.25) is 0 Å². The lowest BCUT2D eigenvalue weighted by Gasteiger charge is -2.09. The molecule has 10 nitrogen and oxygen atoms in total. The first kappa shape index (κ1) is 22.3. The molecule has 35 heavy (non-hydrogen) atoms. The number of rotatable bonds is 6. The zero-order chi connectivity index (χ0) is 24.7. The molecule has 0 N–H and O–H groups in total.